The minimum Gasteiger partial charge on any atom is -0.492 e. The number of fused-ring (bicyclic) bond motifs is 1. The molecule has 1 aliphatic heterocycles. The van der Waals surface area contributed by atoms with Crippen molar-refractivity contribution in [3.05, 3.63) is 95.1 Å². The maximum Gasteiger partial charge on any atom is 0.120 e. The monoisotopic (exact) mass is 430 g/mol. The molecule has 3 aromatic rings. The van der Waals surface area contributed by atoms with Gasteiger partial charge < -0.3 is 19.7 Å². The Bertz CT molecular complexity index is 986. The average Bonchev–Trinajstić information content (AvgIpc) is 2.85. The molecule has 0 amide bonds. The molecule has 0 aromatic heterocycles. The molecule has 0 bridgehead atoms. The number of nitrogens with one attached hydrogen (secondary N) is 1. The summed E-state index contributed by atoms with van der Waals surface area (Å²) in [5.41, 5.74) is 5.10. The van der Waals surface area contributed by atoms with Crippen molar-refractivity contribution in [1.82, 2.24) is 10.2 Å². The number of ether oxygens (including phenoxy) is 2. The highest BCUT2D eigenvalue weighted by atomic mass is 16.5. The third-order valence-electron chi connectivity index (χ3n) is 6.18. The zero-order valence-corrected chi connectivity index (χ0v) is 19.2. The van der Waals surface area contributed by atoms with Crippen molar-refractivity contribution in [2.24, 2.45) is 0 Å². The summed E-state index contributed by atoms with van der Waals surface area (Å²) in [5, 5.41) is 3.68. The first kappa shape index (κ1) is 22.4. The molecule has 1 aliphatic rings. The molecule has 1 heterocycles. The Kier molecular flexibility index (Phi) is 7.81. The molecule has 1 N–H and O–H groups in total. The van der Waals surface area contributed by atoms with Crippen LogP contribution in [0, 0.1) is 0 Å². The van der Waals surface area contributed by atoms with Gasteiger partial charge in [-0.2, -0.15) is 0 Å². The lowest BCUT2D eigenvalue weighted by molar-refractivity contribution is 0.222. The molecule has 32 heavy (non-hydrogen) atoms. The Morgan fingerprint density at radius 1 is 0.875 bits per heavy atom. The predicted octanol–water partition coefficient (Wildman–Crippen LogP) is 5.22. The van der Waals surface area contributed by atoms with Gasteiger partial charge in [0.2, 0.25) is 0 Å². The van der Waals surface area contributed by atoms with Crippen molar-refractivity contribution in [3.8, 4) is 11.5 Å². The predicted molar refractivity (Wildman–Crippen MR) is 130 cm³/mol. The average molecular weight is 431 g/mol. The van der Waals surface area contributed by atoms with Crippen molar-refractivity contribution in [1.29, 1.82) is 0 Å². The van der Waals surface area contributed by atoms with Crippen LogP contribution in [0.2, 0.25) is 0 Å². The Hall–Kier alpha value is -2.82. The molecule has 0 saturated carbocycles. The molecule has 1 atom stereocenters. The summed E-state index contributed by atoms with van der Waals surface area (Å²) in [6.45, 7) is 9.69. The van der Waals surface area contributed by atoms with E-state index in [4.69, 9.17) is 9.47 Å². The lowest BCUT2D eigenvalue weighted by atomic mass is 9.89. The Labute approximate surface area is 192 Å². The van der Waals surface area contributed by atoms with Crippen molar-refractivity contribution in [2.75, 3.05) is 32.8 Å². The lowest BCUT2D eigenvalue weighted by Crippen LogP contribution is -2.30. The highest BCUT2D eigenvalue weighted by molar-refractivity contribution is 5.45. The van der Waals surface area contributed by atoms with E-state index in [9.17, 15) is 0 Å². The van der Waals surface area contributed by atoms with E-state index in [1.165, 1.54) is 22.3 Å². The molecular formula is C28H34N2O2. The molecule has 0 aliphatic carbocycles. The van der Waals surface area contributed by atoms with E-state index in [0.29, 0.717) is 13.2 Å². The van der Waals surface area contributed by atoms with E-state index >= 15 is 0 Å². The zero-order valence-electron chi connectivity index (χ0n) is 19.2. The van der Waals surface area contributed by atoms with Crippen LogP contribution in [-0.2, 0) is 13.0 Å². The first-order chi connectivity index (χ1) is 15.8. The molecule has 4 heteroatoms. The van der Waals surface area contributed by atoms with E-state index in [1.807, 2.05) is 18.2 Å². The molecule has 4 nitrogen and oxygen atoms in total. The van der Waals surface area contributed by atoms with Gasteiger partial charge in [-0.25, -0.2) is 0 Å². The van der Waals surface area contributed by atoms with E-state index < -0.39 is 0 Å². The molecule has 4 rings (SSSR count). The molecule has 0 radical (unpaired) electrons. The standard InChI is InChI=1S/C28H34N2O2/c1-3-30(4-2)17-18-31-25-12-8-11-24(20-25)28-27-14-13-26(19-23(27)15-16-29-28)32-21-22-9-6-5-7-10-22/h5-14,19-20,28-29H,3-4,15-18,21H2,1-2H3. The molecule has 1 unspecified atom stereocenters. The summed E-state index contributed by atoms with van der Waals surface area (Å²) >= 11 is 0. The van der Waals surface area contributed by atoms with Gasteiger partial charge in [0, 0.05) is 13.1 Å². The van der Waals surface area contributed by atoms with E-state index in [1.54, 1.807) is 0 Å². The van der Waals surface area contributed by atoms with Gasteiger partial charge in [0.1, 0.15) is 24.7 Å². The second-order valence-electron chi connectivity index (χ2n) is 8.22. The van der Waals surface area contributed by atoms with Crippen molar-refractivity contribution in [2.45, 2.75) is 32.9 Å². The van der Waals surface area contributed by atoms with Crippen LogP contribution in [0.3, 0.4) is 0 Å². The van der Waals surface area contributed by atoms with Crippen LogP contribution >= 0.6 is 0 Å². The second kappa shape index (κ2) is 11.2. The minimum atomic E-state index is 0.174. The lowest BCUT2D eigenvalue weighted by Gasteiger charge is -2.28. The van der Waals surface area contributed by atoms with Gasteiger partial charge in [-0.1, -0.05) is 62.4 Å². The molecular weight excluding hydrogens is 396 g/mol. The van der Waals surface area contributed by atoms with E-state index in [0.717, 1.165) is 44.1 Å². The zero-order chi connectivity index (χ0) is 22.2. The first-order valence-electron chi connectivity index (χ1n) is 11.7. The van der Waals surface area contributed by atoms with Crippen molar-refractivity contribution in [3.63, 3.8) is 0 Å². The van der Waals surface area contributed by atoms with Crippen LogP contribution in [-0.4, -0.2) is 37.7 Å². The summed E-state index contributed by atoms with van der Waals surface area (Å²) < 4.78 is 12.1. The quantitative estimate of drug-likeness (QED) is 0.478. The summed E-state index contributed by atoms with van der Waals surface area (Å²) in [6.07, 6.45) is 1.01. The van der Waals surface area contributed by atoms with Gasteiger partial charge in [-0.05, 0) is 66.0 Å². The third-order valence-corrected chi connectivity index (χ3v) is 6.18. The number of hydrogen-bond donors (Lipinski definition) is 1. The maximum absolute atomic E-state index is 6.06. The normalized spacial score (nSPS) is 15.4. The highest BCUT2D eigenvalue weighted by Gasteiger charge is 2.22. The number of benzene rings is 3. The fourth-order valence-corrected chi connectivity index (χ4v) is 4.29. The SMILES string of the molecule is CCN(CC)CCOc1cccc(C2NCCc3cc(OCc4ccccc4)ccc32)c1. The van der Waals surface area contributed by atoms with Crippen LogP contribution in [0.5, 0.6) is 11.5 Å². The van der Waals surface area contributed by atoms with Crippen LogP contribution in [0.4, 0.5) is 0 Å². The highest BCUT2D eigenvalue weighted by Crippen LogP contribution is 2.32. The van der Waals surface area contributed by atoms with Gasteiger partial charge in [0.15, 0.2) is 0 Å². The molecule has 0 fully saturated rings. The molecule has 0 saturated heterocycles. The summed E-state index contributed by atoms with van der Waals surface area (Å²) in [5.74, 6) is 1.87. The maximum atomic E-state index is 6.06. The number of hydrogen-bond acceptors (Lipinski definition) is 4. The fourth-order valence-electron chi connectivity index (χ4n) is 4.29. The fraction of sp³-hybridized carbons (Fsp3) is 0.357. The van der Waals surface area contributed by atoms with Gasteiger partial charge in [-0.3, -0.25) is 0 Å². The molecule has 168 valence electrons. The minimum absolute atomic E-state index is 0.174. The summed E-state index contributed by atoms with van der Waals surface area (Å²) in [6, 6.07) is 25.5. The third kappa shape index (κ3) is 5.70. The summed E-state index contributed by atoms with van der Waals surface area (Å²) in [7, 11) is 0. The van der Waals surface area contributed by atoms with Crippen molar-refractivity contribution >= 4 is 0 Å². The topological polar surface area (TPSA) is 33.7 Å². The Morgan fingerprint density at radius 2 is 1.69 bits per heavy atom. The van der Waals surface area contributed by atoms with E-state index in [2.05, 4.69) is 78.7 Å². The summed E-state index contributed by atoms with van der Waals surface area (Å²) in [4.78, 5) is 2.38. The van der Waals surface area contributed by atoms with Crippen LogP contribution in [0.1, 0.15) is 42.1 Å². The second-order valence-corrected chi connectivity index (χ2v) is 8.22. The van der Waals surface area contributed by atoms with Gasteiger partial charge in [0.05, 0.1) is 6.04 Å². The molecule has 3 aromatic carbocycles. The van der Waals surface area contributed by atoms with Gasteiger partial charge in [0.25, 0.3) is 0 Å². The molecule has 0 spiro atoms. The van der Waals surface area contributed by atoms with Crippen LogP contribution < -0.4 is 14.8 Å². The Morgan fingerprint density at radius 3 is 2.50 bits per heavy atom. The van der Waals surface area contributed by atoms with Gasteiger partial charge >= 0.3 is 0 Å². The van der Waals surface area contributed by atoms with Crippen LogP contribution in [0.15, 0.2) is 72.8 Å². The Balaban J connectivity index is 1.43. The number of likely N-dealkylation sites (N-methyl/N-ethyl adjacent to an activating group) is 1. The first-order valence-corrected chi connectivity index (χ1v) is 11.7. The number of rotatable bonds is 10. The smallest absolute Gasteiger partial charge is 0.120 e. The van der Waals surface area contributed by atoms with Crippen molar-refractivity contribution < 1.29 is 9.47 Å². The van der Waals surface area contributed by atoms with E-state index in [-0.39, 0.29) is 6.04 Å². The van der Waals surface area contributed by atoms with Crippen LogP contribution in [0.25, 0.3) is 0 Å². The largest absolute Gasteiger partial charge is 0.492 e. The van der Waals surface area contributed by atoms with Gasteiger partial charge in [-0.15, -0.1) is 0 Å². The number of nitrogens with zero attached hydrogens (tertiary/aromatic N) is 1.